The van der Waals surface area contributed by atoms with Gasteiger partial charge in [0.25, 0.3) is 0 Å². The standard InChI is InChI=1S/C10H16/c1-2-6-10-8-4-3-7-9(10)5-1/h1,5,9-10H,2-4,6-8H2/t9-,10?/m1/s1. The van der Waals surface area contributed by atoms with Crippen molar-refractivity contribution < 1.29 is 0 Å². The Kier molecular flexibility index (Phi) is 1.79. The molecule has 2 aliphatic carbocycles. The Balaban J connectivity index is 2.03. The first-order chi connectivity index (χ1) is 4.97. The maximum absolute atomic E-state index is 2.47. The van der Waals surface area contributed by atoms with Gasteiger partial charge in [-0.25, -0.2) is 0 Å². The van der Waals surface area contributed by atoms with Crippen LogP contribution >= 0.6 is 0 Å². The highest BCUT2D eigenvalue weighted by atomic mass is 14.3. The fourth-order valence-electron chi connectivity index (χ4n) is 2.43. The summed E-state index contributed by atoms with van der Waals surface area (Å²) in [6.45, 7) is 0. The molecule has 0 bridgehead atoms. The van der Waals surface area contributed by atoms with Crippen molar-refractivity contribution in [3.05, 3.63) is 12.2 Å². The molecule has 10 heavy (non-hydrogen) atoms. The molecule has 0 saturated heterocycles. The lowest BCUT2D eigenvalue weighted by atomic mass is 9.74. The zero-order chi connectivity index (χ0) is 6.81. The predicted molar refractivity (Wildman–Crippen MR) is 43.8 cm³/mol. The molecule has 2 rings (SSSR count). The molecule has 1 unspecified atom stereocenters. The first kappa shape index (κ1) is 6.45. The summed E-state index contributed by atoms with van der Waals surface area (Å²) in [5.41, 5.74) is 0. The zero-order valence-electron chi connectivity index (χ0n) is 6.55. The fraction of sp³-hybridized carbons (Fsp3) is 0.800. The van der Waals surface area contributed by atoms with Gasteiger partial charge in [0.1, 0.15) is 0 Å². The number of hydrogen-bond acceptors (Lipinski definition) is 0. The first-order valence-corrected chi connectivity index (χ1v) is 4.63. The topological polar surface area (TPSA) is 0 Å². The summed E-state index contributed by atoms with van der Waals surface area (Å²) < 4.78 is 0. The van der Waals surface area contributed by atoms with Crippen LogP contribution in [0.2, 0.25) is 0 Å². The summed E-state index contributed by atoms with van der Waals surface area (Å²) in [5.74, 6) is 2.04. The van der Waals surface area contributed by atoms with Crippen molar-refractivity contribution >= 4 is 0 Å². The Bertz CT molecular complexity index is 135. The van der Waals surface area contributed by atoms with Crippen LogP contribution in [0.15, 0.2) is 12.2 Å². The van der Waals surface area contributed by atoms with Crippen LogP contribution in [0, 0.1) is 11.8 Å². The molecule has 0 nitrogen and oxygen atoms in total. The summed E-state index contributed by atoms with van der Waals surface area (Å²) in [6.07, 6.45) is 13.6. The van der Waals surface area contributed by atoms with Crippen LogP contribution < -0.4 is 0 Å². The molecule has 0 N–H and O–H groups in total. The highest BCUT2D eigenvalue weighted by Crippen LogP contribution is 2.36. The van der Waals surface area contributed by atoms with Gasteiger partial charge in [-0.3, -0.25) is 0 Å². The molecule has 0 heterocycles. The molecule has 1 saturated carbocycles. The molecule has 0 aromatic rings. The van der Waals surface area contributed by atoms with Gasteiger partial charge in [0.2, 0.25) is 0 Å². The van der Waals surface area contributed by atoms with E-state index in [9.17, 15) is 0 Å². The second-order valence-corrected chi connectivity index (χ2v) is 3.71. The molecule has 2 aliphatic rings. The molecule has 0 amide bonds. The van der Waals surface area contributed by atoms with Crippen LogP contribution in [0.5, 0.6) is 0 Å². The summed E-state index contributed by atoms with van der Waals surface area (Å²) in [6, 6.07) is 0. The van der Waals surface area contributed by atoms with Crippen molar-refractivity contribution in [2.75, 3.05) is 0 Å². The minimum Gasteiger partial charge on any atom is -0.0882 e. The zero-order valence-corrected chi connectivity index (χ0v) is 6.55. The molecule has 0 spiro atoms. The summed E-state index contributed by atoms with van der Waals surface area (Å²) in [5, 5.41) is 0. The SMILES string of the molecule is C1=C[C@@H]2CCCCC2CC1. The minimum absolute atomic E-state index is 0.975. The number of rotatable bonds is 0. The molecule has 0 aromatic carbocycles. The van der Waals surface area contributed by atoms with Crippen molar-refractivity contribution in [1.82, 2.24) is 0 Å². The van der Waals surface area contributed by atoms with Gasteiger partial charge in [0.15, 0.2) is 0 Å². The van der Waals surface area contributed by atoms with Gasteiger partial charge >= 0.3 is 0 Å². The fourth-order valence-corrected chi connectivity index (χ4v) is 2.43. The third-order valence-corrected chi connectivity index (χ3v) is 3.06. The Morgan fingerprint density at radius 3 is 2.80 bits per heavy atom. The largest absolute Gasteiger partial charge is 0.0882 e. The number of fused-ring (bicyclic) bond motifs is 1. The normalized spacial score (nSPS) is 39.2. The molecule has 0 heteroatoms. The molecule has 56 valence electrons. The average molecular weight is 136 g/mol. The third kappa shape index (κ3) is 1.12. The van der Waals surface area contributed by atoms with Crippen LogP contribution in [-0.4, -0.2) is 0 Å². The summed E-state index contributed by atoms with van der Waals surface area (Å²) >= 11 is 0. The van der Waals surface area contributed by atoms with Gasteiger partial charge in [-0.1, -0.05) is 25.0 Å². The van der Waals surface area contributed by atoms with Crippen LogP contribution in [-0.2, 0) is 0 Å². The summed E-state index contributed by atoms with van der Waals surface area (Å²) in [4.78, 5) is 0. The van der Waals surface area contributed by atoms with E-state index in [0.717, 1.165) is 11.8 Å². The van der Waals surface area contributed by atoms with Crippen LogP contribution in [0.4, 0.5) is 0 Å². The molecular formula is C10H16. The van der Waals surface area contributed by atoms with Crippen LogP contribution in [0.25, 0.3) is 0 Å². The van der Waals surface area contributed by atoms with Gasteiger partial charge in [-0.15, -0.1) is 0 Å². The lowest BCUT2D eigenvalue weighted by molar-refractivity contribution is 0.259. The molecule has 2 atom stereocenters. The lowest BCUT2D eigenvalue weighted by Crippen LogP contribution is -2.19. The Labute approximate surface area is 63.3 Å². The van der Waals surface area contributed by atoms with E-state index < -0.39 is 0 Å². The average Bonchev–Trinajstić information content (AvgIpc) is 2.05. The molecule has 1 fully saturated rings. The second kappa shape index (κ2) is 2.77. The molecule has 0 aliphatic heterocycles. The van der Waals surface area contributed by atoms with Crippen LogP contribution in [0.1, 0.15) is 38.5 Å². The van der Waals surface area contributed by atoms with E-state index in [-0.39, 0.29) is 0 Å². The van der Waals surface area contributed by atoms with Gasteiger partial charge in [0, 0.05) is 0 Å². The van der Waals surface area contributed by atoms with Crippen molar-refractivity contribution in [1.29, 1.82) is 0 Å². The molecular weight excluding hydrogens is 120 g/mol. The Morgan fingerprint density at radius 1 is 1.00 bits per heavy atom. The number of hydrogen-bond donors (Lipinski definition) is 0. The van der Waals surface area contributed by atoms with E-state index in [4.69, 9.17) is 0 Å². The predicted octanol–water partition coefficient (Wildman–Crippen LogP) is 3.14. The highest BCUT2D eigenvalue weighted by Gasteiger charge is 2.23. The van der Waals surface area contributed by atoms with Gasteiger partial charge in [0.05, 0.1) is 0 Å². The third-order valence-electron chi connectivity index (χ3n) is 3.06. The smallest absolute Gasteiger partial charge is 0.0205 e. The maximum Gasteiger partial charge on any atom is -0.0205 e. The van der Waals surface area contributed by atoms with E-state index in [0.29, 0.717) is 0 Å². The second-order valence-electron chi connectivity index (χ2n) is 3.71. The molecule has 0 aromatic heterocycles. The van der Waals surface area contributed by atoms with Crippen molar-refractivity contribution in [2.45, 2.75) is 38.5 Å². The maximum atomic E-state index is 2.47. The van der Waals surface area contributed by atoms with E-state index in [1.54, 1.807) is 0 Å². The highest BCUT2D eigenvalue weighted by molar-refractivity contribution is 4.98. The quantitative estimate of drug-likeness (QED) is 0.449. The Morgan fingerprint density at radius 2 is 1.90 bits per heavy atom. The molecule has 0 radical (unpaired) electrons. The van der Waals surface area contributed by atoms with Gasteiger partial charge in [-0.2, -0.15) is 0 Å². The van der Waals surface area contributed by atoms with Gasteiger partial charge < -0.3 is 0 Å². The van der Waals surface area contributed by atoms with E-state index >= 15 is 0 Å². The van der Waals surface area contributed by atoms with E-state index in [2.05, 4.69) is 12.2 Å². The van der Waals surface area contributed by atoms with E-state index in [1.165, 1.54) is 38.5 Å². The minimum atomic E-state index is 0.975. The van der Waals surface area contributed by atoms with Crippen molar-refractivity contribution in [2.24, 2.45) is 11.8 Å². The van der Waals surface area contributed by atoms with Gasteiger partial charge in [-0.05, 0) is 37.5 Å². The Hall–Kier alpha value is -0.260. The summed E-state index contributed by atoms with van der Waals surface area (Å²) in [7, 11) is 0. The van der Waals surface area contributed by atoms with Crippen molar-refractivity contribution in [3.63, 3.8) is 0 Å². The van der Waals surface area contributed by atoms with Crippen molar-refractivity contribution in [3.8, 4) is 0 Å². The number of allylic oxidation sites excluding steroid dienone is 2. The first-order valence-electron chi connectivity index (χ1n) is 4.63. The lowest BCUT2D eigenvalue weighted by Gasteiger charge is -2.31. The van der Waals surface area contributed by atoms with Crippen LogP contribution in [0.3, 0.4) is 0 Å². The monoisotopic (exact) mass is 136 g/mol. The van der Waals surface area contributed by atoms with E-state index in [1.807, 2.05) is 0 Å².